The lowest BCUT2D eigenvalue weighted by Gasteiger charge is -2.17. The van der Waals surface area contributed by atoms with Gasteiger partial charge in [-0.1, -0.05) is 30.3 Å². The van der Waals surface area contributed by atoms with E-state index in [2.05, 4.69) is 10.4 Å². The van der Waals surface area contributed by atoms with Crippen LogP contribution in [0, 0.1) is 0 Å². The summed E-state index contributed by atoms with van der Waals surface area (Å²) < 4.78 is 1.09. The van der Waals surface area contributed by atoms with Crippen molar-refractivity contribution in [3.63, 3.8) is 0 Å². The van der Waals surface area contributed by atoms with E-state index in [0.29, 0.717) is 5.56 Å². The molecule has 25 heavy (non-hydrogen) atoms. The summed E-state index contributed by atoms with van der Waals surface area (Å²) in [5.41, 5.74) is 1.84. The first-order valence-electron chi connectivity index (χ1n) is 7.79. The molecular formula is C17H17N3O4S. The average Bonchev–Trinajstić information content (AvgIpc) is 2.61. The van der Waals surface area contributed by atoms with Crippen molar-refractivity contribution in [1.29, 1.82) is 0 Å². The lowest BCUT2D eigenvalue weighted by molar-refractivity contribution is -0.142. The summed E-state index contributed by atoms with van der Waals surface area (Å²) in [5.74, 6) is -0.0579. The van der Waals surface area contributed by atoms with Gasteiger partial charge in [-0.2, -0.15) is 16.9 Å². The van der Waals surface area contributed by atoms with Crippen molar-refractivity contribution in [3.05, 3.63) is 63.6 Å². The van der Waals surface area contributed by atoms with Crippen molar-refractivity contribution in [2.45, 2.75) is 24.8 Å². The smallest absolute Gasteiger partial charge is 0.330 e. The molecule has 1 aliphatic heterocycles. The number of nitrogens with one attached hydrogen (secondary N) is 1. The normalized spacial score (nSPS) is 14.4. The minimum atomic E-state index is -1.17. The maximum absolute atomic E-state index is 12.2. The predicted octanol–water partition coefficient (Wildman–Crippen LogP) is 0.975. The summed E-state index contributed by atoms with van der Waals surface area (Å²) in [6.45, 7) is -0.310. The topological polar surface area (TPSA) is 101 Å². The van der Waals surface area contributed by atoms with Gasteiger partial charge in [-0.25, -0.2) is 9.48 Å². The minimum Gasteiger partial charge on any atom is -0.479 e. The number of carboxylic acids is 1. The Morgan fingerprint density at radius 3 is 2.80 bits per heavy atom. The van der Waals surface area contributed by atoms with Gasteiger partial charge < -0.3 is 10.4 Å². The molecule has 130 valence electrons. The number of rotatable bonds is 5. The quantitative estimate of drug-likeness (QED) is 0.825. The third-order valence-corrected chi connectivity index (χ3v) is 4.89. The Balaban J connectivity index is 1.76. The molecule has 2 aromatic rings. The fraction of sp³-hybridized carbons (Fsp3) is 0.294. The number of thioether (sulfide) groups is 1. The van der Waals surface area contributed by atoms with Crippen molar-refractivity contribution >= 4 is 23.6 Å². The molecule has 0 spiro atoms. The van der Waals surface area contributed by atoms with E-state index in [1.807, 2.05) is 0 Å². The standard InChI is InChI=1S/C17H17N3O4S/c21-14(18-16(17(23)24)11-4-2-1-3-5-11)9-20-15(22)8-12-10-25-7-6-13(12)19-20/h1-5,8,16H,6-7,9-10H2,(H,18,21)(H,23,24)/t16-/m0/s1. The highest BCUT2D eigenvalue weighted by Gasteiger charge is 2.22. The number of carbonyl (C=O) groups is 2. The van der Waals surface area contributed by atoms with Gasteiger partial charge in [0.15, 0.2) is 6.04 Å². The maximum atomic E-state index is 12.2. The number of aliphatic carboxylic acids is 1. The van der Waals surface area contributed by atoms with Crippen molar-refractivity contribution in [3.8, 4) is 0 Å². The third kappa shape index (κ3) is 4.08. The fourth-order valence-electron chi connectivity index (χ4n) is 2.64. The van der Waals surface area contributed by atoms with Crippen molar-refractivity contribution < 1.29 is 14.7 Å². The molecule has 7 nitrogen and oxygen atoms in total. The highest BCUT2D eigenvalue weighted by Crippen LogP contribution is 2.21. The molecule has 1 aromatic carbocycles. The summed E-state index contributed by atoms with van der Waals surface area (Å²) in [5, 5.41) is 16.1. The van der Waals surface area contributed by atoms with Gasteiger partial charge in [-0.3, -0.25) is 9.59 Å². The number of hydrogen-bond donors (Lipinski definition) is 2. The van der Waals surface area contributed by atoms with Gasteiger partial charge in [0.05, 0.1) is 5.69 Å². The van der Waals surface area contributed by atoms with Crippen LogP contribution >= 0.6 is 11.8 Å². The van der Waals surface area contributed by atoms with E-state index in [4.69, 9.17) is 0 Å². The maximum Gasteiger partial charge on any atom is 0.330 e. The molecule has 8 heteroatoms. The van der Waals surface area contributed by atoms with Crippen molar-refractivity contribution in [1.82, 2.24) is 15.1 Å². The van der Waals surface area contributed by atoms with Gasteiger partial charge in [0.25, 0.3) is 5.56 Å². The van der Waals surface area contributed by atoms with Gasteiger partial charge in [0.2, 0.25) is 5.91 Å². The summed E-state index contributed by atoms with van der Waals surface area (Å²) in [7, 11) is 0. The minimum absolute atomic E-state index is 0.310. The predicted molar refractivity (Wildman–Crippen MR) is 93.3 cm³/mol. The second-order valence-electron chi connectivity index (χ2n) is 5.66. The van der Waals surface area contributed by atoms with E-state index in [-0.39, 0.29) is 12.1 Å². The Labute approximate surface area is 148 Å². The average molecular weight is 359 g/mol. The second-order valence-corrected chi connectivity index (χ2v) is 6.77. The Hall–Kier alpha value is -2.61. The third-order valence-electron chi connectivity index (χ3n) is 3.88. The van der Waals surface area contributed by atoms with E-state index >= 15 is 0 Å². The Morgan fingerprint density at radius 1 is 1.32 bits per heavy atom. The first kappa shape index (κ1) is 17.2. The molecule has 2 heterocycles. The van der Waals surface area contributed by atoms with Crippen LogP contribution in [0.4, 0.5) is 0 Å². The van der Waals surface area contributed by atoms with Gasteiger partial charge in [-0.05, 0) is 16.9 Å². The SMILES string of the molecule is O=C(Cn1nc2c(cc1=O)CSCC2)N[C@H](C(=O)O)c1ccccc1. The van der Waals surface area contributed by atoms with Gasteiger partial charge in [0.1, 0.15) is 6.54 Å². The van der Waals surface area contributed by atoms with Crippen LogP contribution in [-0.2, 0) is 28.3 Å². The first-order chi connectivity index (χ1) is 12.0. The Morgan fingerprint density at radius 2 is 2.08 bits per heavy atom. The van der Waals surface area contributed by atoms with E-state index in [9.17, 15) is 19.5 Å². The van der Waals surface area contributed by atoms with E-state index in [1.54, 1.807) is 42.1 Å². The number of aromatic nitrogens is 2. The number of aryl methyl sites for hydroxylation is 1. The van der Waals surface area contributed by atoms with Crippen LogP contribution in [0.5, 0.6) is 0 Å². The van der Waals surface area contributed by atoms with Crippen molar-refractivity contribution in [2.75, 3.05) is 5.75 Å². The number of fused-ring (bicyclic) bond motifs is 1. The summed E-state index contributed by atoms with van der Waals surface area (Å²) in [4.78, 5) is 35.8. The van der Waals surface area contributed by atoms with Crippen LogP contribution in [0.1, 0.15) is 22.9 Å². The zero-order valence-corrected chi connectivity index (χ0v) is 14.2. The summed E-state index contributed by atoms with van der Waals surface area (Å²) >= 11 is 1.74. The molecule has 0 radical (unpaired) electrons. The molecule has 1 aliphatic rings. The largest absolute Gasteiger partial charge is 0.479 e. The highest BCUT2D eigenvalue weighted by molar-refractivity contribution is 7.98. The lowest BCUT2D eigenvalue weighted by atomic mass is 10.1. The molecular weight excluding hydrogens is 342 g/mol. The number of amides is 1. The zero-order valence-electron chi connectivity index (χ0n) is 13.3. The summed E-state index contributed by atoms with van der Waals surface area (Å²) in [6.07, 6.45) is 0.754. The first-order valence-corrected chi connectivity index (χ1v) is 8.95. The number of benzene rings is 1. The second kappa shape index (κ2) is 7.52. The van der Waals surface area contributed by atoms with Crippen LogP contribution < -0.4 is 10.9 Å². The molecule has 0 aliphatic carbocycles. The number of nitrogens with zero attached hydrogens (tertiary/aromatic N) is 2. The molecule has 1 aromatic heterocycles. The summed E-state index contributed by atoms with van der Waals surface area (Å²) in [6, 6.07) is 8.75. The van der Waals surface area contributed by atoms with Crippen LogP contribution in [0.25, 0.3) is 0 Å². The highest BCUT2D eigenvalue weighted by atomic mass is 32.2. The molecule has 3 rings (SSSR count). The van der Waals surface area contributed by atoms with Crippen LogP contribution in [0.3, 0.4) is 0 Å². The van der Waals surface area contributed by atoms with Gasteiger partial charge >= 0.3 is 5.97 Å². The van der Waals surface area contributed by atoms with Gasteiger partial charge in [-0.15, -0.1) is 0 Å². The number of carbonyl (C=O) groups excluding carboxylic acids is 1. The molecule has 0 fully saturated rings. The van der Waals surface area contributed by atoms with Crippen LogP contribution in [-0.4, -0.2) is 32.5 Å². The molecule has 0 saturated heterocycles. The van der Waals surface area contributed by atoms with Crippen molar-refractivity contribution in [2.24, 2.45) is 0 Å². The Kier molecular flexibility index (Phi) is 5.18. The van der Waals surface area contributed by atoms with Crippen LogP contribution in [0.2, 0.25) is 0 Å². The molecule has 1 atom stereocenters. The van der Waals surface area contributed by atoms with E-state index in [1.165, 1.54) is 6.07 Å². The van der Waals surface area contributed by atoms with E-state index in [0.717, 1.165) is 33.9 Å². The van der Waals surface area contributed by atoms with E-state index < -0.39 is 17.9 Å². The van der Waals surface area contributed by atoms with Crippen LogP contribution in [0.15, 0.2) is 41.2 Å². The molecule has 0 unspecified atom stereocenters. The zero-order chi connectivity index (χ0) is 17.8. The molecule has 1 amide bonds. The monoisotopic (exact) mass is 359 g/mol. The molecule has 0 bridgehead atoms. The fourth-order valence-corrected chi connectivity index (χ4v) is 3.59. The number of hydrogen-bond acceptors (Lipinski definition) is 5. The van der Waals surface area contributed by atoms with Gasteiger partial charge in [0, 0.05) is 18.2 Å². The number of carboxylic acid groups (broad SMARTS) is 1. The molecule has 2 N–H and O–H groups in total. The lowest BCUT2D eigenvalue weighted by Crippen LogP contribution is -2.39. The Bertz CT molecular complexity index is 851. The molecule has 0 saturated carbocycles.